The normalized spacial score (nSPS) is 14.9. The molecule has 3 aromatic rings. The van der Waals surface area contributed by atoms with Gasteiger partial charge in [0.15, 0.2) is 11.5 Å². The second-order valence-corrected chi connectivity index (χ2v) is 10.4. The van der Waals surface area contributed by atoms with Gasteiger partial charge in [-0.3, -0.25) is 0 Å². The van der Waals surface area contributed by atoms with Crippen LogP contribution < -0.4 is 0 Å². The minimum Gasteiger partial charge on any atom is -0.404 e. The molecule has 3 aromatic carbocycles. The van der Waals surface area contributed by atoms with E-state index in [2.05, 4.69) is 9.47 Å². The summed E-state index contributed by atoms with van der Waals surface area (Å²) >= 11 is 0. The van der Waals surface area contributed by atoms with E-state index in [1.165, 1.54) is 0 Å². The number of halogens is 6. The molecule has 0 unspecified atom stereocenters. The average Bonchev–Trinajstić information content (AvgIpc) is 3.55. The van der Waals surface area contributed by atoms with Gasteiger partial charge in [0.2, 0.25) is 0 Å². The second kappa shape index (κ2) is 13.0. The molecule has 16 heteroatoms. The highest BCUT2D eigenvalue weighted by Gasteiger charge is 2.44. The number of nitrogens with zero attached hydrogens (tertiary/aromatic N) is 8. The summed E-state index contributed by atoms with van der Waals surface area (Å²) in [5.41, 5.74) is -7.45. The Morgan fingerprint density at radius 3 is 0.962 bits per heavy atom. The zero-order valence-corrected chi connectivity index (χ0v) is 25.3. The molecular formula is C36H8F6N8O2. The van der Waals surface area contributed by atoms with Crippen molar-refractivity contribution in [3.63, 3.8) is 0 Å². The molecule has 2 aliphatic carbocycles. The molecule has 0 atom stereocenters. The van der Waals surface area contributed by atoms with Crippen LogP contribution in [0.25, 0.3) is 33.4 Å². The molecular weight excluding hydrogens is 690 g/mol. The summed E-state index contributed by atoms with van der Waals surface area (Å²) in [4.78, 5) is 0. The Labute approximate surface area is 288 Å². The molecule has 5 rings (SSSR count). The van der Waals surface area contributed by atoms with Crippen molar-refractivity contribution >= 4 is 33.4 Å². The van der Waals surface area contributed by atoms with E-state index < -0.39 is 79.9 Å². The molecule has 0 N–H and O–H groups in total. The molecule has 0 aromatic heterocycles. The highest BCUT2D eigenvalue weighted by molar-refractivity contribution is 6.18. The lowest BCUT2D eigenvalue weighted by Gasteiger charge is -2.15. The van der Waals surface area contributed by atoms with Crippen LogP contribution in [0.2, 0.25) is 0 Å². The lowest BCUT2D eigenvalue weighted by atomic mass is 9.89. The molecule has 52 heavy (non-hydrogen) atoms. The van der Waals surface area contributed by atoms with Crippen LogP contribution in [0.15, 0.2) is 60.0 Å². The summed E-state index contributed by atoms with van der Waals surface area (Å²) in [5.74, 6) is -2.43. The zero-order valence-electron chi connectivity index (χ0n) is 25.3. The molecule has 0 spiro atoms. The van der Waals surface area contributed by atoms with Crippen LogP contribution in [0.1, 0.15) is 55.6 Å². The van der Waals surface area contributed by atoms with Crippen molar-refractivity contribution in [1.29, 1.82) is 42.1 Å². The summed E-state index contributed by atoms with van der Waals surface area (Å²) in [6.07, 6.45) is -11.0. The maximum Gasteiger partial charge on any atom is 0.573 e. The standard InChI is InChI=1S/C36H8F6N8O2/c37-35(38,39)51-33-29(15-49)23-8-26-24(7-25(23)31(33)27(13-47)21-3-17(9-43)1-18(4-21)10-44)30(16-50)34(52-36(40,41)42)32(26)28(14-48)22-5-19(11-45)2-20(6-22)12-46/h1-8H/b31-27-,32-28-. The van der Waals surface area contributed by atoms with Crippen molar-refractivity contribution in [2.45, 2.75) is 12.7 Å². The smallest absolute Gasteiger partial charge is 0.404 e. The molecule has 10 nitrogen and oxygen atoms in total. The first-order valence-corrected chi connectivity index (χ1v) is 13.9. The summed E-state index contributed by atoms with van der Waals surface area (Å²) in [6, 6.07) is 21.8. The fourth-order valence-corrected chi connectivity index (χ4v) is 5.65. The Bertz CT molecular complexity index is 2390. The molecule has 2 aliphatic rings. The lowest BCUT2D eigenvalue weighted by molar-refractivity contribution is -0.303. The van der Waals surface area contributed by atoms with E-state index in [4.69, 9.17) is 0 Å². The van der Waals surface area contributed by atoms with Gasteiger partial charge in [0.25, 0.3) is 0 Å². The third-order valence-corrected chi connectivity index (χ3v) is 7.49. The summed E-state index contributed by atoms with van der Waals surface area (Å²) in [7, 11) is 0. The van der Waals surface area contributed by atoms with Gasteiger partial charge in [-0.2, -0.15) is 42.1 Å². The van der Waals surface area contributed by atoms with Crippen molar-refractivity contribution in [3.05, 3.63) is 116 Å². The molecule has 0 amide bonds. The number of hydrogen-bond donors (Lipinski definition) is 0. The summed E-state index contributed by atoms with van der Waals surface area (Å²) < 4.78 is 91.8. The fraction of sp³-hybridized carbons (Fsp3) is 0.0556. The van der Waals surface area contributed by atoms with Gasteiger partial charge < -0.3 is 9.47 Å². The van der Waals surface area contributed by atoms with E-state index in [-0.39, 0.29) is 33.4 Å². The minimum atomic E-state index is -5.48. The van der Waals surface area contributed by atoms with E-state index >= 15 is 0 Å². The van der Waals surface area contributed by atoms with Gasteiger partial charge in [-0.25, -0.2) is 0 Å². The number of nitriles is 8. The first-order chi connectivity index (χ1) is 24.6. The number of allylic oxidation sites excluding steroid dienone is 6. The Morgan fingerprint density at radius 2 is 0.731 bits per heavy atom. The quantitative estimate of drug-likeness (QED) is 0.192. The fourth-order valence-electron chi connectivity index (χ4n) is 5.65. The van der Waals surface area contributed by atoms with E-state index in [0.29, 0.717) is 0 Å². The van der Waals surface area contributed by atoms with Crippen LogP contribution in [0, 0.1) is 90.6 Å². The molecule has 0 radical (unpaired) electrons. The Hall–Kier alpha value is -8.28. The maximum absolute atomic E-state index is 13.9. The third-order valence-electron chi connectivity index (χ3n) is 7.49. The van der Waals surface area contributed by atoms with Gasteiger partial charge in [0, 0.05) is 22.3 Å². The molecule has 246 valence electrons. The van der Waals surface area contributed by atoms with E-state index in [0.717, 1.165) is 48.5 Å². The molecule has 0 saturated heterocycles. The van der Waals surface area contributed by atoms with Crippen LogP contribution in [0.3, 0.4) is 0 Å². The number of alkyl halides is 6. The predicted octanol–water partition coefficient (Wildman–Crippen LogP) is 7.61. The van der Waals surface area contributed by atoms with Gasteiger partial charge in [-0.05, 0) is 70.8 Å². The number of rotatable bonds is 4. The van der Waals surface area contributed by atoms with E-state index in [1.54, 1.807) is 48.6 Å². The first kappa shape index (κ1) is 35.0. The largest absolute Gasteiger partial charge is 0.573 e. The topological polar surface area (TPSA) is 209 Å². The van der Waals surface area contributed by atoms with Crippen LogP contribution in [-0.4, -0.2) is 12.7 Å². The van der Waals surface area contributed by atoms with Gasteiger partial charge in [0.05, 0.1) is 57.7 Å². The van der Waals surface area contributed by atoms with Crippen LogP contribution >= 0.6 is 0 Å². The van der Waals surface area contributed by atoms with Crippen LogP contribution in [0.5, 0.6) is 0 Å². The van der Waals surface area contributed by atoms with E-state index in [1.807, 2.05) is 0 Å². The highest BCUT2D eigenvalue weighted by atomic mass is 19.4. The van der Waals surface area contributed by atoms with Crippen molar-refractivity contribution in [2.75, 3.05) is 0 Å². The summed E-state index contributed by atoms with van der Waals surface area (Å²) in [6.45, 7) is 0. The van der Waals surface area contributed by atoms with Gasteiger partial charge in [0.1, 0.15) is 35.4 Å². The molecule has 0 aliphatic heterocycles. The Kier molecular flexibility index (Phi) is 8.74. The molecule has 0 fully saturated rings. The molecule has 0 bridgehead atoms. The first-order valence-electron chi connectivity index (χ1n) is 13.9. The average molecular weight is 699 g/mol. The van der Waals surface area contributed by atoms with Crippen molar-refractivity contribution < 1.29 is 35.8 Å². The van der Waals surface area contributed by atoms with Gasteiger partial charge >= 0.3 is 12.7 Å². The number of benzene rings is 3. The monoisotopic (exact) mass is 698 g/mol. The minimum absolute atomic E-state index is 0.181. The van der Waals surface area contributed by atoms with Gasteiger partial charge in [-0.15, -0.1) is 26.3 Å². The maximum atomic E-state index is 13.9. The van der Waals surface area contributed by atoms with Crippen LogP contribution in [-0.2, 0) is 9.47 Å². The number of hydrogen-bond acceptors (Lipinski definition) is 10. The molecule has 0 heterocycles. The molecule has 0 saturated carbocycles. The predicted molar refractivity (Wildman–Crippen MR) is 162 cm³/mol. The SMILES string of the molecule is N#CC1=C(OC(F)(F)F)/C(=C(/C#N)c2cc(C#N)cc(C#N)c2)c2cc3c(cc21)/C(=C(\C#N)c1cc(C#N)cc(C#N)c1)C(OC(F)(F)F)=C3C#N. The Morgan fingerprint density at radius 1 is 0.423 bits per heavy atom. The van der Waals surface area contributed by atoms with Crippen molar-refractivity contribution in [1.82, 2.24) is 0 Å². The lowest BCUT2D eigenvalue weighted by Crippen LogP contribution is -2.14. The van der Waals surface area contributed by atoms with E-state index in [9.17, 15) is 68.4 Å². The number of fused-ring (bicyclic) bond motifs is 2. The highest BCUT2D eigenvalue weighted by Crippen LogP contribution is 2.54. The summed E-state index contributed by atoms with van der Waals surface area (Å²) in [5, 5.41) is 78.7. The zero-order chi connectivity index (χ0) is 38.1. The van der Waals surface area contributed by atoms with Gasteiger partial charge in [-0.1, -0.05) is 0 Å². The van der Waals surface area contributed by atoms with Crippen molar-refractivity contribution in [3.8, 4) is 48.6 Å². The van der Waals surface area contributed by atoms with Crippen LogP contribution in [0.4, 0.5) is 26.3 Å². The number of ether oxygens (including phenoxy) is 2. The van der Waals surface area contributed by atoms with Crippen molar-refractivity contribution in [2.24, 2.45) is 0 Å². The second-order valence-electron chi connectivity index (χ2n) is 10.4. The third kappa shape index (κ3) is 6.19. The Balaban J connectivity index is 1.99.